The second kappa shape index (κ2) is 4.32. The highest BCUT2D eigenvalue weighted by Gasteiger charge is 2.22. The molecule has 0 radical (unpaired) electrons. The van der Waals surface area contributed by atoms with Crippen molar-refractivity contribution in [2.45, 2.75) is 18.9 Å². The first-order valence-corrected chi connectivity index (χ1v) is 6.67. The zero-order chi connectivity index (χ0) is 11.8. The molecule has 1 aliphatic heterocycles. The largest absolute Gasteiger partial charge is 0.371 e. The molecule has 1 unspecified atom stereocenters. The van der Waals surface area contributed by atoms with Gasteiger partial charge in [-0.15, -0.1) is 11.3 Å². The second-order valence-electron chi connectivity index (χ2n) is 3.98. The molecule has 1 atom stereocenters. The molecular weight excluding hydrogens is 256 g/mol. The van der Waals surface area contributed by atoms with E-state index in [1.54, 1.807) is 11.3 Å². The van der Waals surface area contributed by atoms with Crippen molar-refractivity contribution in [1.29, 1.82) is 0 Å². The molecule has 0 amide bonds. The molecule has 2 aromatic rings. The Balaban J connectivity index is 1.94. The summed E-state index contributed by atoms with van der Waals surface area (Å²) in [7, 11) is 1.90. The van der Waals surface area contributed by atoms with E-state index in [0.29, 0.717) is 4.77 Å². The van der Waals surface area contributed by atoms with Crippen molar-refractivity contribution in [3.05, 3.63) is 16.0 Å². The Hall–Kier alpha value is -1.05. The Bertz CT molecular complexity index is 579. The fraction of sp³-hybridized carbons (Fsp3) is 0.500. The van der Waals surface area contributed by atoms with Crippen molar-refractivity contribution in [3.63, 3.8) is 0 Å². The average molecular weight is 268 g/mol. The maximum absolute atomic E-state index is 5.62. The number of hydrogen-bond donors (Lipinski definition) is 1. The minimum Gasteiger partial charge on any atom is -0.371 e. The molecule has 0 aliphatic carbocycles. The number of aromatic nitrogens is 4. The molecule has 1 fully saturated rings. The van der Waals surface area contributed by atoms with Gasteiger partial charge in [-0.25, -0.2) is 4.98 Å². The quantitative estimate of drug-likeness (QED) is 0.850. The summed E-state index contributed by atoms with van der Waals surface area (Å²) in [6, 6.07) is 0. The molecule has 1 saturated heterocycles. The summed E-state index contributed by atoms with van der Waals surface area (Å²) in [5, 5.41) is 8.01. The van der Waals surface area contributed by atoms with E-state index in [1.165, 1.54) is 0 Å². The van der Waals surface area contributed by atoms with Gasteiger partial charge < -0.3 is 9.30 Å². The molecule has 7 heteroatoms. The molecule has 90 valence electrons. The number of nitrogens with zero attached hydrogens (tertiary/aromatic N) is 3. The van der Waals surface area contributed by atoms with Crippen LogP contribution in [0.25, 0.3) is 10.7 Å². The number of aromatic amines is 1. The summed E-state index contributed by atoms with van der Waals surface area (Å²) in [5.41, 5.74) is 0. The molecule has 3 rings (SSSR count). The number of ether oxygens (including phenoxy) is 1. The zero-order valence-corrected chi connectivity index (χ0v) is 11.0. The lowest BCUT2D eigenvalue weighted by Gasteiger charge is -2.03. The van der Waals surface area contributed by atoms with Crippen LogP contribution < -0.4 is 0 Å². The van der Waals surface area contributed by atoms with Crippen LogP contribution in [0.15, 0.2) is 6.20 Å². The number of thiazole rings is 1. The highest BCUT2D eigenvalue weighted by atomic mass is 32.1. The second-order valence-corrected chi connectivity index (χ2v) is 5.42. The van der Waals surface area contributed by atoms with Crippen molar-refractivity contribution in [2.24, 2.45) is 7.05 Å². The van der Waals surface area contributed by atoms with Gasteiger partial charge in [0.2, 0.25) is 0 Å². The van der Waals surface area contributed by atoms with Gasteiger partial charge in [-0.05, 0) is 25.1 Å². The molecule has 5 nitrogen and oxygen atoms in total. The van der Waals surface area contributed by atoms with Crippen molar-refractivity contribution >= 4 is 23.6 Å². The van der Waals surface area contributed by atoms with Crippen LogP contribution in [0.2, 0.25) is 0 Å². The van der Waals surface area contributed by atoms with E-state index in [2.05, 4.69) is 15.2 Å². The van der Waals surface area contributed by atoms with Crippen molar-refractivity contribution in [2.75, 3.05) is 6.61 Å². The van der Waals surface area contributed by atoms with Gasteiger partial charge in [0.1, 0.15) is 11.1 Å². The van der Waals surface area contributed by atoms with Crippen LogP contribution in [-0.2, 0) is 11.8 Å². The lowest BCUT2D eigenvalue weighted by molar-refractivity contribution is 0.111. The Kier molecular flexibility index (Phi) is 2.81. The number of rotatable bonds is 2. The van der Waals surface area contributed by atoms with Crippen LogP contribution in [0.1, 0.15) is 24.0 Å². The van der Waals surface area contributed by atoms with Gasteiger partial charge in [0.25, 0.3) is 0 Å². The Labute approximate surface area is 107 Å². The predicted molar refractivity (Wildman–Crippen MR) is 67.4 cm³/mol. The minimum absolute atomic E-state index is 0.168. The van der Waals surface area contributed by atoms with Crippen LogP contribution in [0, 0.1) is 4.77 Å². The third-order valence-electron chi connectivity index (χ3n) is 2.83. The first kappa shape index (κ1) is 11.1. The summed E-state index contributed by atoms with van der Waals surface area (Å²) >= 11 is 6.72. The number of H-pyrrole nitrogens is 1. The maximum Gasteiger partial charge on any atom is 0.195 e. The molecule has 1 N–H and O–H groups in total. The van der Waals surface area contributed by atoms with Crippen molar-refractivity contribution in [1.82, 2.24) is 19.7 Å². The lowest BCUT2D eigenvalue weighted by atomic mass is 10.2. The van der Waals surface area contributed by atoms with Gasteiger partial charge in [0.15, 0.2) is 10.6 Å². The number of hydrogen-bond acceptors (Lipinski definition) is 5. The van der Waals surface area contributed by atoms with E-state index in [0.717, 1.165) is 35.2 Å². The summed E-state index contributed by atoms with van der Waals surface area (Å²) in [4.78, 5) is 5.44. The predicted octanol–water partition coefficient (Wildman–Crippen LogP) is 2.45. The van der Waals surface area contributed by atoms with E-state index < -0.39 is 0 Å². The molecule has 0 saturated carbocycles. The lowest BCUT2D eigenvalue weighted by Crippen LogP contribution is -1.93. The standard InChI is InChI=1S/C10H12N4OS2/c1-14-8(12-13-10(14)16)7-5-11-9(17-7)6-3-2-4-15-6/h5-6H,2-4H2,1H3,(H,13,16). The maximum atomic E-state index is 5.62. The normalized spacial score (nSPS) is 19.9. The molecule has 0 aromatic carbocycles. The van der Waals surface area contributed by atoms with Crippen LogP contribution >= 0.6 is 23.6 Å². The summed E-state index contributed by atoms with van der Waals surface area (Å²) in [6.45, 7) is 0.839. The molecule has 0 spiro atoms. The molecular formula is C10H12N4OS2. The highest BCUT2D eigenvalue weighted by Crippen LogP contribution is 2.34. The smallest absolute Gasteiger partial charge is 0.195 e. The summed E-state index contributed by atoms with van der Waals surface area (Å²) < 4.78 is 8.08. The molecule has 17 heavy (non-hydrogen) atoms. The molecule has 2 aromatic heterocycles. The third-order valence-corrected chi connectivity index (χ3v) is 4.28. The van der Waals surface area contributed by atoms with Gasteiger partial charge in [-0.3, -0.25) is 5.10 Å². The first-order chi connectivity index (χ1) is 8.25. The fourth-order valence-corrected chi connectivity index (χ4v) is 3.04. The van der Waals surface area contributed by atoms with Crippen molar-refractivity contribution in [3.8, 4) is 10.7 Å². The van der Waals surface area contributed by atoms with Gasteiger partial charge in [0, 0.05) is 19.9 Å². The van der Waals surface area contributed by atoms with Crippen molar-refractivity contribution < 1.29 is 4.74 Å². The number of nitrogens with one attached hydrogen (secondary N) is 1. The van der Waals surface area contributed by atoms with E-state index in [1.807, 2.05) is 17.8 Å². The van der Waals surface area contributed by atoms with E-state index in [9.17, 15) is 0 Å². The average Bonchev–Trinajstić information content (AvgIpc) is 3.01. The van der Waals surface area contributed by atoms with Crippen LogP contribution in [0.4, 0.5) is 0 Å². The fourth-order valence-electron chi connectivity index (χ4n) is 1.88. The zero-order valence-electron chi connectivity index (χ0n) is 9.34. The Morgan fingerprint density at radius 2 is 2.53 bits per heavy atom. The van der Waals surface area contributed by atoms with Gasteiger partial charge in [-0.2, -0.15) is 5.10 Å². The monoisotopic (exact) mass is 268 g/mol. The van der Waals surface area contributed by atoms with Crippen LogP contribution in [0.3, 0.4) is 0 Å². The molecule has 1 aliphatic rings. The summed E-state index contributed by atoms with van der Waals surface area (Å²) in [5.74, 6) is 0.830. The Morgan fingerprint density at radius 1 is 1.65 bits per heavy atom. The first-order valence-electron chi connectivity index (χ1n) is 5.45. The Morgan fingerprint density at radius 3 is 3.18 bits per heavy atom. The topological polar surface area (TPSA) is 55.7 Å². The van der Waals surface area contributed by atoms with Gasteiger partial charge in [-0.1, -0.05) is 0 Å². The third kappa shape index (κ3) is 1.94. The molecule has 3 heterocycles. The van der Waals surface area contributed by atoms with Gasteiger partial charge >= 0.3 is 0 Å². The highest BCUT2D eigenvalue weighted by molar-refractivity contribution is 7.71. The SMILES string of the molecule is Cn1c(-c2cnc(C3CCCO3)s2)n[nH]c1=S. The molecule has 0 bridgehead atoms. The van der Waals surface area contributed by atoms with Crippen LogP contribution in [-0.4, -0.2) is 26.4 Å². The van der Waals surface area contributed by atoms with Crippen LogP contribution in [0.5, 0.6) is 0 Å². The van der Waals surface area contributed by atoms with Gasteiger partial charge in [0.05, 0.1) is 4.88 Å². The summed E-state index contributed by atoms with van der Waals surface area (Å²) in [6.07, 6.45) is 4.19. The minimum atomic E-state index is 0.168. The van der Waals surface area contributed by atoms with E-state index >= 15 is 0 Å². The van der Waals surface area contributed by atoms with E-state index in [-0.39, 0.29) is 6.10 Å². The van der Waals surface area contributed by atoms with E-state index in [4.69, 9.17) is 17.0 Å².